The van der Waals surface area contributed by atoms with Crippen LogP contribution in [0.1, 0.15) is 51.7 Å². The zero-order valence-corrected chi connectivity index (χ0v) is 36.5. The second-order valence-corrected chi connectivity index (χ2v) is 19.7. The van der Waals surface area contributed by atoms with Gasteiger partial charge in [-0.2, -0.15) is 9.97 Å². The summed E-state index contributed by atoms with van der Waals surface area (Å²) >= 11 is 1.80. The van der Waals surface area contributed by atoms with E-state index in [2.05, 4.69) is 195 Å². The highest BCUT2D eigenvalue weighted by molar-refractivity contribution is 7.26. The average Bonchev–Trinajstić information content (AvgIpc) is 3.97. The molecule has 0 saturated heterocycles. The highest BCUT2D eigenvalue weighted by Gasteiger charge is 2.39. The van der Waals surface area contributed by atoms with Crippen molar-refractivity contribution in [3.8, 4) is 34.4 Å². The molecule has 0 fully saturated rings. The van der Waals surface area contributed by atoms with Gasteiger partial charge in [-0.3, -0.25) is 4.57 Å². The maximum atomic E-state index is 5.55. The van der Waals surface area contributed by atoms with Crippen molar-refractivity contribution in [2.24, 2.45) is 0 Å². The molecule has 0 unspecified atom stereocenters. The summed E-state index contributed by atoms with van der Waals surface area (Å²) in [6.45, 7) is 9.72. The first kappa shape index (κ1) is 36.5. The molecule has 0 aliphatic heterocycles. The molecule has 0 bridgehead atoms. The maximum absolute atomic E-state index is 5.55. The Morgan fingerprint density at radius 2 is 1.13 bits per heavy atom. The lowest BCUT2D eigenvalue weighted by Gasteiger charge is -2.42. The zero-order valence-electron chi connectivity index (χ0n) is 35.6. The van der Waals surface area contributed by atoms with Crippen molar-refractivity contribution >= 4 is 85.9 Å². The van der Waals surface area contributed by atoms with Gasteiger partial charge >= 0.3 is 0 Å². The van der Waals surface area contributed by atoms with Crippen molar-refractivity contribution in [1.82, 2.24) is 24.1 Å². The van der Waals surface area contributed by atoms with E-state index in [-0.39, 0.29) is 10.8 Å². The number of para-hydroxylation sites is 1. The lowest BCUT2D eigenvalue weighted by molar-refractivity contribution is 0.334. The van der Waals surface area contributed by atoms with E-state index in [1.165, 1.54) is 69.1 Å². The molecule has 4 heterocycles. The van der Waals surface area contributed by atoms with Gasteiger partial charge in [0, 0.05) is 58.5 Å². The van der Waals surface area contributed by atoms with E-state index in [4.69, 9.17) is 15.0 Å². The SMILES string of the molecule is CC1(C)CCC(C)(C)c2c1ccc1c2c2cc3c4c5ccccc5ccc4n(-c4ccccc4)c3cc2n1-c1nc(-c2ccccc2)nc(-c2cccc3c2sc2ccccc23)n1. The molecule has 0 amide bonds. The summed E-state index contributed by atoms with van der Waals surface area (Å²) in [5.74, 6) is 1.92. The first-order valence-electron chi connectivity index (χ1n) is 22.0. The molecule has 0 spiro atoms. The van der Waals surface area contributed by atoms with E-state index in [0.717, 1.165) is 46.2 Å². The third kappa shape index (κ3) is 5.31. The van der Waals surface area contributed by atoms with Gasteiger partial charge in [-0.15, -0.1) is 11.3 Å². The van der Waals surface area contributed by atoms with Crippen molar-refractivity contribution in [3.63, 3.8) is 0 Å². The van der Waals surface area contributed by atoms with Gasteiger partial charge in [-0.05, 0) is 94.1 Å². The van der Waals surface area contributed by atoms with Gasteiger partial charge in [0.25, 0.3) is 0 Å². The van der Waals surface area contributed by atoms with Crippen molar-refractivity contribution in [1.29, 1.82) is 0 Å². The largest absolute Gasteiger partial charge is 0.309 e. The average molecular weight is 830 g/mol. The summed E-state index contributed by atoms with van der Waals surface area (Å²) in [5.41, 5.74) is 10.4. The fraction of sp³-hybridized carbons (Fsp3) is 0.140. The van der Waals surface area contributed by atoms with Gasteiger partial charge in [0.1, 0.15) is 0 Å². The summed E-state index contributed by atoms with van der Waals surface area (Å²) in [5, 5.41) is 9.97. The van der Waals surface area contributed by atoms with Gasteiger partial charge < -0.3 is 4.57 Å². The molecule has 8 aromatic carbocycles. The van der Waals surface area contributed by atoms with Gasteiger partial charge in [-0.25, -0.2) is 4.98 Å². The Bertz CT molecular complexity index is 3850. The fourth-order valence-electron chi connectivity index (χ4n) is 10.8. The number of aromatic nitrogens is 5. The van der Waals surface area contributed by atoms with Gasteiger partial charge in [0.05, 0.1) is 22.1 Å². The van der Waals surface area contributed by atoms with E-state index >= 15 is 0 Å². The molecule has 63 heavy (non-hydrogen) atoms. The number of thiophene rings is 1. The summed E-state index contributed by atoms with van der Waals surface area (Å²) in [7, 11) is 0. The van der Waals surface area contributed by atoms with Crippen LogP contribution in [0.5, 0.6) is 0 Å². The van der Waals surface area contributed by atoms with Crippen LogP contribution in [0, 0.1) is 0 Å². The Morgan fingerprint density at radius 3 is 1.97 bits per heavy atom. The molecule has 5 nitrogen and oxygen atoms in total. The minimum absolute atomic E-state index is 0.0286. The highest BCUT2D eigenvalue weighted by atomic mass is 32.1. The van der Waals surface area contributed by atoms with Crippen molar-refractivity contribution < 1.29 is 0 Å². The normalized spacial score (nSPS) is 14.8. The first-order valence-corrected chi connectivity index (χ1v) is 22.8. The van der Waals surface area contributed by atoms with Crippen LogP contribution in [0.3, 0.4) is 0 Å². The lowest BCUT2D eigenvalue weighted by Crippen LogP contribution is -2.34. The molecule has 4 aromatic heterocycles. The number of hydrogen-bond donors (Lipinski definition) is 0. The Morgan fingerprint density at radius 1 is 0.476 bits per heavy atom. The first-order chi connectivity index (χ1) is 30.7. The smallest absolute Gasteiger partial charge is 0.238 e. The second kappa shape index (κ2) is 13.2. The van der Waals surface area contributed by atoms with E-state index in [1.807, 2.05) is 6.07 Å². The molecule has 0 N–H and O–H groups in total. The number of fused-ring (bicyclic) bond motifs is 13. The summed E-state index contributed by atoms with van der Waals surface area (Å²) in [6.07, 6.45) is 2.24. The van der Waals surface area contributed by atoms with Crippen molar-refractivity contribution in [3.05, 3.63) is 175 Å². The molecule has 1 aliphatic carbocycles. The minimum atomic E-state index is -0.0561. The predicted molar refractivity (Wildman–Crippen MR) is 265 cm³/mol. The van der Waals surface area contributed by atoms with Crippen LogP contribution >= 0.6 is 11.3 Å². The van der Waals surface area contributed by atoms with E-state index in [9.17, 15) is 0 Å². The van der Waals surface area contributed by atoms with Crippen LogP contribution in [0.2, 0.25) is 0 Å². The number of hydrogen-bond acceptors (Lipinski definition) is 4. The summed E-state index contributed by atoms with van der Waals surface area (Å²) < 4.78 is 7.21. The molecule has 0 atom stereocenters. The van der Waals surface area contributed by atoms with Gasteiger partial charge in [-0.1, -0.05) is 143 Å². The quantitative estimate of drug-likeness (QED) is 0.178. The van der Waals surface area contributed by atoms with Crippen LogP contribution in [-0.4, -0.2) is 24.1 Å². The maximum Gasteiger partial charge on any atom is 0.238 e. The number of nitrogens with zero attached hydrogens (tertiary/aromatic N) is 5. The minimum Gasteiger partial charge on any atom is -0.309 e. The van der Waals surface area contributed by atoms with Crippen LogP contribution < -0.4 is 0 Å². The summed E-state index contributed by atoms with van der Waals surface area (Å²) in [4.78, 5) is 16.3. The molecular formula is C57H43N5S. The standard InChI is InChI=1S/C57H43N5S/c1-56(2)30-31-57(3,4)51-43(56)27-29-45-50(51)42-32-41-46(61(36-19-9-6-10-20-36)44-28-26-34-16-11-12-21-37(34)49(41)44)33-47(42)62(45)55-59-53(35-17-7-5-8-18-35)58-54(60-55)40-24-15-23-39-38-22-13-14-25-48(38)63-52(39)40/h5-29,32-33H,30-31H2,1-4H3. The molecule has 13 rings (SSSR count). The Balaban J connectivity index is 1.21. The van der Waals surface area contributed by atoms with Crippen molar-refractivity contribution in [2.45, 2.75) is 51.4 Å². The Kier molecular flexibility index (Phi) is 7.64. The van der Waals surface area contributed by atoms with Crippen LogP contribution in [0.4, 0.5) is 0 Å². The van der Waals surface area contributed by atoms with Gasteiger partial charge in [0.2, 0.25) is 5.95 Å². The second-order valence-electron chi connectivity index (χ2n) is 18.7. The molecule has 0 saturated carbocycles. The van der Waals surface area contributed by atoms with E-state index in [1.54, 1.807) is 11.3 Å². The molecule has 12 aromatic rings. The van der Waals surface area contributed by atoms with Gasteiger partial charge in [0.15, 0.2) is 11.6 Å². The number of rotatable bonds is 4. The number of benzene rings is 8. The van der Waals surface area contributed by atoms with Crippen LogP contribution in [0.25, 0.3) is 109 Å². The third-order valence-electron chi connectivity index (χ3n) is 14.0. The molecule has 6 heteroatoms. The van der Waals surface area contributed by atoms with Crippen molar-refractivity contribution in [2.75, 3.05) is 0 Å². The molecule has 302 valence electrons. The Hall–Kier alpha value is -7.15. The third-order valence-corrected chi connectivity index (χ3v) is 15.2. The van der Waals surface area contributed by atoms with Crippen LogP contribution in [-0.2, 0) is 10.8 Å². The summed E-state index contributed by atoms with van der Waals surface area (Å²) in [6, 6.07) is 59.4. The molecule has 1 aliphatic rings. The van der Waals surface area contributed by atoms with E-state index < -0.39 is 0 Å². The highest BCUT2D eigenvalue weighted by Crippen LogP contribution is 2.52. The topological polar surface area (TPSA) is 48.5 Å². The van der Waals surface area contributed by atoms with Crippen LogP contribution in [0.15, 0.2) is 164 Å². The molecular weight excluding hydrogens is 787 g/mol. The lowest BCUT2D eigenvalue weighted by atomic mass is 9.62. The Labute approximate surface area is 368 Å². The predicted octanol–water partition coefficient (Wildman–Crippen LogP) is 15.3. The fourth-order valence-corrected chi connectivity index (χ4v) is 12.0. The van der Waals surface area contributed by atoms with E-state index in [0.29, 0.717) is 17.6 Å². The monoisotopic (exact) mass is 829 g/mol. The zero-order chi connectivity index (χ0) is 42.2. The molecule has 0 radical (unpaired) electrons.